The highest BCUT2D eigenvalue weighted by Crippen LogP contribution is 2.21. The smallest absolute Gasteiger partial charge is 0.272 e. The first-order valence-electron chi connectivity index (χ1n) is 7.31. The van der Waals surface area contributed by atoms with E-state index in [0.29, 0.717) is 11.6 Å². The molecule has 1 aromatic carbocycles. The maximum Gasteiger partial charge on any atom is 0.272 e. The van der Waals surface area contributed by atoms with Crippen molar-refractivity contribution in [3.63, 3.8) is 0 Å². The van der Waals surface area contributed by atoms with Gasteiger partial charge in [0.15, 0.2) is 0 Å². The van der Waals surface area contributed by atoms with Crippen molar-refractivity contribution in [3.05, 3.63) is 80.2 Å². The Morgan fingerprint density at radius 3 is 2.80 bits per heavy atom. The molecule has 0 amide bonds. The van der Waals surface area contributed by atoms with Crippen LogP contribution in [0.3, 0.4) is 0 Å². The summed E-state index contributed by atoms with van der Waals surface area (Å²) in [5.74, 6) is -0.321. The number of ether oxygens (including phenoxy) is 1. The van der Waals surface area contributed by atoms with Crippen LogP contribution in [-0.2, 0) is 13.2 Å². The maximum atomic E-state index is 13.7. The molecule has 0 unspecified atom stereocenters. The van der Waals surface area contributed by atoms with Gasteiger partial charge in [-0.25, -0.2) is 8.78 Å². The molecule has 0 fully saturated rings. The van der Waals surface area contributed by atoms with Gasteiger partial charge < -0.3 is 9.15 Å². The zero-order chi connectivity index (χ0) is 18.0. The first-order chi connectivity index (χ1) is 12.0. The predicted octanol–water partition coefficient (Wildman–Crippen LogP) is 3.81. The van der Waals surface area contributed by atoms with Gasteiger partial charge in [0.05, 0.1) is 12.8 Å². The summed E-state index contributed by atoms with van der Waals surface area (Å²) in [6.45, 7) is 1.71. The van der Waals surface area contributed by atoms with Crippen LogP contribution in [0.4, 0.5) is 8.78 Å². The molecule has 3 rings (SSSR count). The topological polar surface area (TPSA) is 57.3 Å². The highest BCUT2D eigenvalue weighted by atomic mass is 79.9. The molecule has 0 aliphatic carbocycles. The first-order valence-corrected chi connectivity index (χ1v) is 8.11. The van der Waals surface area contributed by atoms with Gasteiger partial charge in [-0.1, -0.05) is 0 Å². The number of hydrogen-bond donors (Lipinski definition) is 0. The lowest BCUT2D eigenvalue weighted by Crippen LogP contribution is -2.25. The predicted molar refractivity (Wildman–Crippen MR) is 89.4 cm³/mol. The zero-order valence-corrected chi connectivity index (χ0v) is 14.7. The molecule has 2 aromatic heterocycles. The molecule has 0 spiro atoms. The van der Waals surface area contributed by atoms with Crippen LogP contribution in [0.2, 0.25) is 0 Å². The largest absolute Gasteiger partial charge is 0.472 e. The lowest BCUT2D eigenvalue weighted by atomic mass is 10.2. The Morgan fingerprint density at radius 2 is 2.12 bits per heavy atom. The van der Waals surface area contributed by atoms with Crippen LogP contribution in [0.5, 0.6) is 5.88 Å². The quantitative estimate of drug-likeness (QED) is 0.641. The van der Waals surface area contributed by atoms with E-state index in [1.807, 2.05) is 0 Å². The Hall–Kier alpha value is -2.48. The van der Waals surface area contributed by atoms with Gasteiger partial charge >= 0.3 is 0 Å². The van der Waals surface area contributed by atoms with E-state index >= 15 is 0 Å². The molecule has 3 aromatic rings. The highest BCUT2D eigenvalue weighted by molar-refractivity contribution is 9.10. The third-order valence-electron chi connectivity index (χ3n) is 3.55. The van der Waals surface area contributed by atoms with Crippen LogP contribution in [0.1, 0.15) is 17.1 Å². The van der Waals surface area contributed by atoms with Gasteiger partial charge in [-0.2, -0.15) is 4.98 Å². The highest BCUT2D eigenvalue weighted by Gasteiger charge is 2.15. The van der Waals surface area contributed by atoms with E-state index in [4.69, 9.17) is 9.15 Å². The maximum absolute atomic E-state index is 13.7. The van der Waals surface area contributed by atoms with Crippen molar-refractivity contribution in [2.45, 2.75) is 20.1 Å². The van der Waals surface area contributed by atoms with Gasteiger partial charge in [0.25, 0.3) is 5.56 Å². The Balaban J connectivity index is 1.84. The molecule has 0 saturated heterocycles. The molecule has 130 valence electrons. The van der Waals surface area contributed by atoms with Crippen LogP contribution >= 0.6 is 15.9 Å². The summed E-state index contributed by atoms with van der Waals surface area (Å²) in [5.41, 5.74) is -0.189. The summed E-state index contributed by atoms with van der Waals surface area (Å²) in [6.07, 6.45) is 1.52. The van der Waals surface area contributed by atoms with Crippen LogP contribution in [0.25, 0.3) is 0 Å². The Kier molecular flexibility index (Phi) is 4.98. The van der Waals surface area contributed by atoms with Crippen molar-refractivity contribution in [1.29, 1.82) is 0 Å². The number of nitrogens with zero attached hydrogens (tertiary/aromatic N) is 2. The Bertz CT molecular complexity index is 955. The molecular formula is C17H13BrF2N2O3. The molecule has 0 radical (unpaired) electrons. The number of rotatable bonds is 5. The number of benzene rings is 1. The van der Waals surface area contributed by atoms with E-state index in [1.165, 1.54) is 16.9 Å². The van der Waals surface area contributed by atoms with Crippen molar-refractivity contribution in [2.75, 3.05) is 0 Å². The van der Waals surface area contributed by atoms with Gasteiger partial charge in [-0.3, -0.25) is 9.36 Å². The molecule has 0 atom stereocenters. The molecule has 0 saturated carbocycles. The van der Waals surface area contributed by atoms with Crippen LogP contribution in [-0.4, -0.2) is 9.55 Å². The molecule has 0 aliphatic rings. The Labute approximate surface area is 150 Å². The average molecular weight is 411 g/mol. The fraction of sp³-hybridized carbons (Fsp3) is 0.176. The fourth-order valence-electron chi connectivity index (χ4n) is 2.24. The fourth-order valence-corrected chi connectivity index (χ4v) is 2.66. The Morgan fingerprint density at radius 1 is 1.32 bits per heavy atom. The number of hydrogen-bond acceptors (Lipinski definition) is 4. The summed E-state index contributed by atoms with van der Waals surface area (Å²) in [6, 6.07) is 6.67. The summed E-state index contributed by atoms with van der Waals surface area (Å²) >= 11 is 3.17. The summed E-state index contributed by atoms with van der Waals surface area (Å²) < 4.78 is 38.8. The second kappa shape index (κ2) is 7.18. The average Bonchev–Trinajstić information content (AvgIpc) is 3.08. The minimum Gasteiger partial charge on any atom is -0.472 e. The number of aromatic nitrogens is 2. The van der Waals surface area contributed by atoms with Crippen LogP contribution < -0.4 is 10.3 Å². The van der Waals surface area contributed by atoms with Gasteiger partial charge in [0, 0.05) is 11.6 Å². The van der Waals surface area contributed by atoms with E-state index in [1.54, 1.807) is 19.1 Å². The number of halogens is 3. The van der Waals surface area contributed by atoms with Gasteiger partial charge in [0.2, 0.25) is 5.88 Å². The van der Waals surface area contributed by atoms with E-state index in [0.717, 1.165) is 12.1 Å². The second-order valence-electron chi connectivity index (χ2n) is 5.27. The molecule has 5 nitrogen and oxygen atoms in total. The second-order valence-corrected chi connectivity index (χ2v) is 6.07. The third-order valence-corrected chi connectivity index (χ3v) is 4.23. The lowest BCUT2D eigenvalue weighted by Gasteiger charge is -2.12. The molecule has 0 aliphatic heterocycles. The number of aryl methyl sites for hydroxylation is 1. The minimum absolute atomic E-state index is 0.0434. The molecule has 0 bridgehead atoms. The van der Waals surface area contributed by atoms with Gasteiger partial charge in [-0.15, -0.1) is 0 Å². The molecule has 0 N–H and O–H groups in total. The van der Waals surface area contributed by atoms with Crippen LogP contribution in [0, 0.1) is 18.6 Å². The third kappa shape index (κ3) is 3.79. The standard InChI is InChI=1S/C17H13BrF2N2O3/c1-10-21-16(25-9-11-4-5-12(19)7-14(11)20)15(18)17(23)22(10)8-13-3-2-6-24-13/h2-7H,8-9H2,1H3. The summed E-state index contributed by atoms with van der Waals surface area (Å²) in [7, 11) is 0. The molecular weight excluding hydrogens is 398 g/mol. The monoisotopic (exact) mass is 410 g/mol. The summed E-state index contributed by atoms with van der Waals surface area (Å²) in [4.78, 5) is 16.7. The normalized spacial score (nSPS) is 10.9. The molecule has 8 heteroatoms. The van der Waals surface area contributed by atoms with Gasteiger partial charge in [-0.05, 0) is 47.1 Å². The van der Waals surface area contributed by atoms with Crippen molar-refractivity contribution >= 4 is 15.9 Å². The van der Waals surface area contributed by atoms with E-state index in [2.05, 4.69) is 20.9 Å². The van der Waals surface area contributed by atoms with Gasteiger partial charge in [0.1, 0.15) is 34.3 Å². The van der Waals surface area contributed by atoms with Crippen molar-refractivity contribution in [2.24, 2.45) is 0 Å². The molecule has 2 heterocycles. The van der Waals surface area contributed by atoms with Crippen molar-refractivity contribution in [1.82, 2.24) is 9.55 Å². The van der Waals surface area contributed by atoms with E-state index in [9.17, 15) is 13.6 Å². The first kappa shape index (κ1) is 17.3. The lowest BCUT2D eigenvalue weighted by molar-refractivity contribution is 0.282. The van der Waals surface area contributed by atoms with Crippen molar-refractivity contribution in [3.8, 4) is 5.88 Å². The summed E-state index contributed by atoms with van der Waals surface area (Å²) in [5, 5.41) is 0. The van der Waals surface area contributed by atoms with Crippen LogP contribution in [0.15, 0.2) is 50.3 Å². The van der Waals surface area contributed by atoms with E-state index < -0.39 is 11.6 Å². The zero-order valence-electron chi connectivity index (χ0n) is 13.1. The van der Waals surface area contributed by atoms with Crippen molar-refractivity contribution < 1.29 is 17.9 Å². The SMILES string of the molecule is Cc1nc(OCc2ccc(F)cc2F)c(Br)c(=O)n1Cc1ccco1. The molecule has 25 heavy (non-hydrogen) atoms. The minimum atomic E-state index is -0.723. The number of furan rings is 1. The van der Waals surface area contributed by atoms with E-state index in [-0.39, 0.29) is 34.6 Å².